The highest BCUT2D eigenvalue weighted by atomic mass is 35.5. The summed E-state index contributed by atoms with van der Waals surface area (Å²) in [7, 11) is -4.20. The topological polar surface area (TPSA) is 57.7 Å². The first-order valence-electron chi connectivity index (χ1n) is 8.75. The van der Waals surface area contributed by atoms with Crippen LogP contribution in [0.4, 0.5) is 20.6 Å². The fraction of sp³-hybridized carbons (Fsp3) is 0.0952. The Morgan fingerprint density at radius 1 is 1.00 bits per heavy atom. The van der Waals surface area contributed by atoms with E-state index in [9.17, 15) is 17.6 Å². The number of amides is 2. The monoisotopic (exact) mass is 430 g/mol. The first-order valence-corrected chi connectivity index (χ1v) is 10.6. The molecule has 3 aromatic carbocycles. The highest BCUT2D eigenvalue weighted by Crippen LogP contribution is 2.38. The number of para-hydroxylation sites is 1. The molecule has 3 aromatic rings. The second-order valence-corrected chi connectivity index (χ2v) is 8.86. The molecule has 0 bridgehead atoms. The highest BCUT2D eigenvalue weighted by molar-refractivity contribution is 7.94. The largest absolute Gasteiger partial charge is 0.343 e. The Bertz CT molecular complexity index is 1230. The number of hydrogen-bond donors (Lipinski definition) is 0. The molecule has 0 radical (unpaired) electrons. The number of carbonyl (C=O) groups excluding carboxylic acids is 1. The number of benzene rings is 3. The second kappa shape index (κ2) is 7.17. The molecule has 0 saturated carbocycles. The van der Waals surface area contributed by atoms with Gasteiger partial charge in [0.15, 0.2) is 0 Å². The summed E-state index contributed by atoms with van der Waals surface area (Å²) in [5, 5.41) is 0.505. The van der Waals surface area contributed by atoms with Crippen LogP contribution >= 0.6 is 11.6 Å². The van der Waals surface area contributed by atoms with Crippen molar-refractivity contribution in [3.8, 4) is 0 Å². The lowest BCUT2D eigenvalue weighted by Gasteiger charge is -2.36. The van der Waals surface area contributed by atoms with Crippen LogP contribution in [0.25, 0.3) is 0 Å². The standard InChI is InChI=1S/C21H16ClFN2O3S/c1-14-9-10-17(12-18(14)23)25-21(26)24(13-15-5-4-6-16(22)11-15)19-7-2-3-8-20(19)29(25,27)28/h2-12H,13H2,1H3. The first kappa shape index (κ1) is 19.4. The van der Waals surface area contributed by atoms with Gasteiger partial charge in [-0.05, 0) is 54.4 Å². The number of urea groups is 1. The van der Waals surface area contributed by atoms with Gasteiger partial charge in [-0.25, -0.2) is 17.6 Å². The molecule has 0 aliphatic carbocycles. The normalized spacial score (nSPS) is 15.3. The van der Waals surface area contributed by atoms with Gasteiger partial charge in [0.05, 0.1) is 17.9 Å². The molecule has 29 heavy (non-hydrogen) atoms. The molecular weight excluding hydrogens is 415 g/mol. The fourth-order valence-electron chi connectivity index (χ4n) is 3.24. The number of anilines is 2. The average molecular weight is 431 g/mol. The van der Waals surface area contributed by atoms with Crippen molar-refractivity contribution >= 4 is 39.0 Å². The van der Waals surface area contributed by atoms with E-state index in [1.807, 2.05) is 0 Å². The lowest BCUT2D eigenvalue weighted by Crippen LogP contribution is -2.50. The number of fused-ring (bicyclic) bond motifs is 1. The van der Waals surface area contributed by atoms with Crippen LogP contribution in [0.1, 0.15) is 11.1 Å². The van der Waals surface area contributed by atoms with Crippen molar-refractivity contribution in [2.45, 2.75) is 18.4 Å². The van der Waals surface area contributed by atoms with Gasteiger partial charge < -0.3 is 0 Å². The van der Waals surface area contributed by atoms with E-state index in [0.717, 1.165) is 11.6 Å². The van der Waals surface area contributed by atoms with E-state index in [1.165, 1.54) is 23.1 Å². The highest BCUT2D eigenvalue weighted by Gasteiger charge is 2.42. The minimum absolute atomic E-state index is 0.0254. The third-order valence-corrected chi connectivity index (χ3v) is 6.68. The van der Waals surface area contributed by atoms with Crippen molar-refractivity contribution < 1.29 is 17.6 Å². The lowest BCUT2D eigenvalue weighted by molar-refractivity contribution is 0.253. The van der Waals surface area contributed by atoms with Crippen LogP contribution in [-0.4, -0.2) is 14.4 Å². The van der Waals surface area contributed by atoms with E-state index in [4.69, 9.17) is 11.6 Å². The molecule has 0 atom stereocenters. The molecule has 148 valence electrons. The maximum Gasteiger partial charge on any atom is 0.343 e. The van der Waals surface area contributed by atoms with Crippen LogP contribution < -0.4 is 9.21 Å². The van der Waals surface area contributed by atoms with Crippen molar-refractivity contribution in [3.63, 3.8) is 0 Å². The zero-order valence-electron chi connectivity index (χ0n) is 15.3. The van der Waals surface area contributed by atoms with Crippen LogP contribution in [0.5, 0.6) is 0 Å². The lowest BCUT2D eigenvalue weighted by atomic mass is 10.2. The van der Waals surface area contributed by atoms with Crippen LogP contribution in [0.15, 0.2) is 71.6 Å². The van der Waals surface area contributed by atoms with Crippen LogP contribution in [-0.2, 0) is 16.6 Å². The summed E-state index contributed by atoms with van der Waals surface area (Å²) in [6.07, 6.45) is 0. The maximum atomic E-state index is 14.1. The first-order chi connectivity index (χ1) is 13.8. The summed E-state index contributed by atoms with van der Waals surface area (Å²) in [5.41, 5.74) is 1.30. The predicted octanol–water partition coefficient (Wildman–Crippen LogP) is 5.12. The van der Waals surface area contributed by atoms with E-state index in [1.54, 1.807) is 49.4 Å². The summed E-state index contributed by atoms with van der Waals surface area (Å²) in [6, 6.07) is 16.3. The predicted molar refractivity (Wildman–Crippen MR) is 110 cm³/mol. The number of aryl methyl sites for hydroxylation is 1. The van der Waals surface area contributed by atoms with E-state index >= 15 is 0 Å². The minimum atomic E-state index is -4.20. The number of hydrogen-bond acceptors (Lipinski definition) is 3. The Morgan fingerprint density at radius 3 is 2.48 bits per heavy atom. The molecule has 0 fully saturated rings. The van der Waals surface area contributed by atoms with E-state index in [-0.39, 0.29) is 22.8 Å². The van der Waals surface area contributed by atoms with Crippen molar-refractivity contribution in [1.82, 2.24) is 0 Å². The number of sulfonamides is 1. The molecule has 0 unspecified atom stereocenters. The second-order valence-electron chi connectivity index (χ2n) is 6.67. The molecule has 0 N–H and O–H groups in total. The Balaban J connectivity index is 1.88. The van der Waals surface area contributed by atoms with Crippen LogP contribution in [0, 0.1) is 12.7 Å². The van der Waals surface area contributed by atoms with Crippen molar-refractivity contribution in [3.05, 3.63) is 88.7 Å². The number of rotatable bonds is 3. The number of carbonyl (C=O) groups is 1. The molecule has 4 rings (SSSR count). The van der Waals surface area contributed by atoms with E-state index < -0.39 is 21.9 Å². The third-order valence-electron chi connectivity index (χ3n) is 4.70. The maximum absolute atomic E-state index is 14.1. The van der Waals surface area contributed by atoms with Crippen molar-refractivity contribution in [1.29, 1.82) is 0 Å². The molecule has 0 spiro atoms. The summed E-state index contributed by atoms with van der Waals surface area (Å²) in [6.45, 7) is 1.67. The Kier molecular flexibility index (Phi) is 4.80. The van der Waals surface area contributed by atoms with E-state index in [0.29, 0.717) is 14.9 Å². The summed E-state index contributed by atoms with van der Waals surface area (Å²) in [4.78, 5) is 14.6. The van der Waals surface area contributed by atoms with Gasteiger partial charge >= 0.3 is 6.03 Å². The minimum Gasteiger partial charge on any atom is -0.287 e. The van der Waals surface area contributed by atoms with Gasteiger partial charge in [-0.15, -0.1) is 0 Å². The molecule has 1 aliphatic heterocycles. The van der Waals surface area contributed by atoms with Gasteiger partial charge in [0.2, 0.25) is 0 Å². The van der Waals surface area contributed by atoms with Gasteiger partial charge in [0.25, 0.3) is 10.0 Å². The molecule has 0 saturated heterocycles. The summed E-state index contributed by atoms with van der Waals surface area (Å²) < 4.78 is 41.2. The zero-order chi connectivity index (χ0) is 20.8. The van der Waals surface area contributed by atoms with Gasteiger partial charge in [0, 0.05) is 5.02 Å². The van der Waals surface area contributed by atoms with Crippen molar-refractivity contribution in [2.75, 3.05) is 9.21 Å². The Hall–Kier alpha value is -2.90. The van der Waals surface area contributed by atoms with Gasteiger partial charge in [-0.1, -0.05) is 41.9 Å². The molecule has 1 heterocycles. The van der Waals surface area contributed by atoms with E-state index in [2.05, 4.69) is 0 Å². The molecule has 8 heteroatoms. The number of halogens is 2. The molecule has 5 nitrogen and oxygen atoms in total. The fourth-order valence-corrected chi connectivity index (χ4v) is 5.04. The SMILES string of the molecule is Cc1ccc(N2C(=O)N(Cc3cccc(Cl)c3)c3ccccc3S2(=O)=O)cc1F. The van der Waals surface area contributed by atoms with Gasteiger partial charge in [-0.2, -0.15) is 4.31 Å². The third kappa shape index (κ3) is 3.36. The average Bonchev–Trinajstić information content (AvgIpc) is 2.68. The van der Waals surface area contributed by atoms with Gasteiger partial charge in [0.1, 0.15) is 10.7 Å². The van der Waals surface area contributed by atoms with Crippen LogP contribution in [0.3, 0.4) is 0 Å². The Labute approximate surface area is 173 Å². The smallest absolute Gasteiger partial charge is 0.287 e. The zero-order valence-corrected chi connectivity index (χ0v) is 16.9. The van der Waals surface area contributed by atoms with Crippen LogP contribution in [0.2, 0.25) is 5.02 Å². The molecule has 0 aromatic heterocycles. The number of nitrogens with zero attached hydrogens (tertiary/aromatic N) is 2. The molecule has 1 aliphatic rings. The quantitative estimate of drug-likeness (QED) is 0.579. The molecule has 2 amide bonds. The molecular formula is C21H16ClFN2O3S. The Morgan fingerprint density at radius 2 is 1.76 bits per heavy atom. The summed E-state index contributed by atoms with van der Waals surface area (Å²) in [5.74, 6) is -0.592. The summed E-state index contributed by atoms with van der Waals surface area (Å²) >= 11 is 6.05. The van der Waals surface area contributed by atoms with Crippen molar-refractivity contribution in [2.24, 2.45) is 0 Å². The van der Waals surface area contributed by atoms with Gasteiger partial charge in [-0.3, -0.25) is 4.90 Å².